The van der Waals surface area contributed by atoms with Crippen LogP contribution in [0.1, 0.15) is 11.3 Å². The molecule has 0 bridgehead atoms. The van der Waals surface area contributed by atoms with E-state index in [1.165, 1.54) is 22.2 Å². The smallest absolute Gasteiger partial charge is 0.0973 e. The summed E-state index contributed by atoms with van der Waals surface area (Å²) in [5, 5.41) is 1.30. The Morgan fingerprint density at radius 3 is 1.82 bits per heavy atom. The van der Waals surface area contributed by atoms with Gasteiger partial charge in [-0.2, -0.15) is 0 Å². The van der Waals surface area contributed by atoms with Gasteiger partial charge in [0.1, 0.15) is 0 Å². The Kier molecular flexibility index (Phi) is 8.19. The molecule has 0 unspecified atom stereocenters. The maximum Gasteiger partial charge on any atom is 0.0973 e. The van der Waals surface area contributed by atoms with Gasteiger partial charge in [-0.3, -0.25) is 0 Å². The second-order valence-corrected chi connectivity index (χ2v) is 13.8. The third-order valence-electron chi connectivity index (χ3n) is 10.4. The van der Waals surface area contributed by atoms with E-state index in [-0.39, 0.29) is 0 Å². The van der Waals surface area contributed by atoms with Gasteiger partial charge in [0.2, 0.25) is 0 Å². The van der Waals surface area contributed by atoms with Crippen molar-refractivity contribution in [2.45, 2.75) is 6.42 Å². The number of aromatic nitrogens is 3. The first-order chi connectivity index (χ1) is 27.3. The summed E-state index contributed by atoms with van der Waals surface area (Å²) < 4.78 is 2.39. The number of para-hydroxylation sites is 3. The van der Waals surface area contributed by atoms with Crippen molar-refractivity contribution in [2.75, 3.05) is 4.90 Å². The Morgan fingerprint density at radius 1 is 0.473 bits per heavy atom. The molecule has 0 spiro atoms. The second-order valence-electron chi connectivity index (χ2n) is 13.8. The van der Waals surface area contributed by atoms with E-state index in [1.54, 1.807) is 0 Å². The molecule has 0 fully saturated rings. The molecular weight excluding hydrogens is 669 g/mol. The maximum atomic E-state index is 5.39. The zero-order valence-corrected chi connectivity index (χ0v) is 30.1. The average molecular weight is 705 g/mol. The van der Waals surface area contributed by atoms with Gasteiger partial charge in [-0.25, -0.2) is 9.97 Å². The Balaban J connectivity index is 1.07. The largest absolute Gasteiger partial charge is 0.311 e. The van der Waals surface area contributed by atoms with Crippen LogP contribution in [0.3, 0.4) is 0 Å². The quantitative estimate of drug-likeness (QED) is 0.166. The molecule has 0 amide bonds. The Morgan fingerprint density at radius 2 is 1.07 bits per heavy atom. The fraction of sp³-hybridized carbons (Fsp3) is 0.0196. The van der Waals surface area contributed by atoms with Gasteiger partial charge in [-0.05, 0) is 84.3 Å². The van der Waals surface area contributed by atoms with E-state index in [2.05, 4.69) is 204 Å². The van der Waals surface area contributed by atoms with E-state index < -0.39 is 0 Å². The summed E-state index contributed by atoms with van der Waals surface area (Å²) in [4.78, 5) is 13.0. The molecule has 0 aliphatic heterocycles. The summed E-state index contributed by atoms with van der Waals surface area (Å²) >= 11 is 0. The summed E-state index contributed by atoms with van der Waals surface area (Å²) in [5.41, 5.74) is 15.9. The van der Waals surface area contributed by atoms with Gasteiger partial charge in [-0.15, -0.1) is 0 Å². The van der Waals surface area contributed by atoms with Gasteiger partial charge >= 0.3 is 0 Å². The minimum atomic E-state index is 0.853. The molecule has 4 nitrogen and oxygen atoms in total. The molecule has 55 heavy (non-hydrogen) atoms. The molecule has 7 aromatic carbocycles. The number of benzene rings is 7. The standard InChI is InChI=1S/C51H36N4/c1-5-16-36(17-6-1)43-24-15-25-46-51(43)53-50(49(52-46)37-18-7-2-8-19-37)38-28-30-40(31-29-38)54(39-20-9-3-10-21-39)41-32-34-42(35-33-41)55-47-26-12-4-11-22-44(47)45-23-13-14-27-48(45)55/h1-21,23-35H,22H2. The molecule has 0 radical (unpaired) electrons. The van der Waals surface area contributed by atoms with Crippen LogP contribution in [-0.2, 0) is 6.42 Å². The molecule has 0 atom stereocenters. The number of fused-ring (bicyclic) bond motifs is 4. The van der Waals surface area contributed by atoms with Crippen LogP contribution >= 0.6 is 0 Å². The van der Waals surface area contributed by atoms with Crippen molar-refractivity contribution in [1.82, 2.24) is 14.5 Å². The first kappa shape index (κ1) is 32.4. The molecule has 0 saturated heterocycles. The van der Waals surface area contributed by atoms with Crippen LogP contribution in [0.5, 0.6) is 0 Å². The number of anilines is 3. The molecule has 0 N–H and O–H groups in total. The fourth-order valence-corrected chi connectivity index (χ4v) is 7.88. The number of hydrogen-bond donors (Lipinski definition) is 0. The maximum absolute atomic E-state index is 5.39. The molecule has 2 aromatic heterocycles. The highest BCUT2D eigenvalue weighted by molar-refractivity contribution is 5.96. The van der Waals surface area contributed by atoms with Gasteiger partial charge in [0.25, 0.3) is 0 Å². The number of nitrogens with zero attached hydrogens (tertiary/aromatic N) is 4. The minimum absolute atomic E-state index is 0.853. The third kappa shape index (κ3) is 5.91. The summed E-state index contributed by atoms with van der Waals surface area (Å²) in [6.07, 6.45) is 9.67. The summed E-state index contributed by atoms with van der Waals surface area (Å²) in [5.74, 6) is 0. The SMILES string of the molecule is C1=CCc2c(n(-c3ccc(N(c4ccccc4)c4ccc(-c5nc6c(-c7ccccc7)cccc6nc5-c5ccccc5)cc4)cc3)c3ccccc23)C=C1. The molecular formula is C51H36N4. The molecule has 4 heteroatoms. The molecule has 1 aliphatic carbocycles. The molecule has 2 heterocycles. The first-order valence-electron chi connectivity index (χ1n) is 18.7. The van der Waals surface area contributed by atoms with E-state index >= 15 is 0 Å². The molecule has 1 aliphatic rings. The fourth-order valence-electron chi connectivity index (χ4n) is 7.88. The van der Waals surface area contributed by atoms with Crippen LogP contribution in [0.2, 0.25) is 0 Å². The van der Waals surface area contributed by atoms with Crippen LogP contribution in [0.25, 0.3) is 67.3 Å². The lowest BCUT2D eigenvalue weighted by Crippen LogP contribution is -2.10. The first-order valence-corrected chi connectivity index (χ1v) is 18.7. The second kappa shape index (κ2) is 13.9. The van der Waals surface area contributed by atoms with E-state index in [9.17, 15) is 0 Å². The Labute approximate surface area is 320 Å². The van der Waals surface area contributed by atoms with Crippen molar-refractivity contribution in [1.29, 1.82) is 0 Å². The van der Waals surface area contributed by atoms with Crippen LogP contribution in [0, 0.1) is 0 Å². The van der Waals surface area contributed by atoms with Crippen molar-refractivity contribution >= 4 is 45.1 Å². The van der Waals surface area contributed by atoms with Gasteiger partial charge in [0.05, 0.1) is 33.6 Å². The van der Waals surface area contributed by atoms with Crippen LogP contribution in [0.4, 0.5) is 17.1 Å². The summed E-state index contributed by atoms with van der Waals surface area (Å²) in [7, 11) is 0. The molecule has 260 valence electrons. The Bertz CT molecular complexity index is 2850. The number of hydrogen-bond acceptors (Lipinski definition) is 3. The highest BCUT2D eigenvalue weighted by Gasteiger charge is 2.20. The van der Waals surface area contributed by atoms with E-state index in [4.69, 9.17) is 9.97 Å². The highest BCUT2D eigenvalue weighted by atomic mass is 15.1. The number of rotatable bonds is 7. The van der Waals surface area contributed by atoms with Crippen molar-refractivity contribution in [3.63, 3.8) is 0 Å². The lowest BCUT2D eigenvalue weighted by molar-refractivity contribution is 1.08. The van der Waals surface area contributed by atoms with E-state index in [0.29, 0.717) is 0 Å². The predicted molar refractivity (Wildman–Crippen MR) is 229 cm³/mol. The van der Waals surface area contributed by atoms with Crippen molar-refractivity contribution in [3.8, 4) is 39.3 Å². The Hall–Kier alpha value is -7.30. The monoisotopic (exact) mass is 704 g/mol. The van der Waals surface area contributed by atoms with Gasteiger partial charge in [0, 0.05) is 44.8 Å². The van der Waals surface area contributed by atoms with Crippen LogP contribution in [-0.4, -0.2) is 14.5 Å². The van der Waals surface area contributed by atoms with Gasteiger partial charge < -0.3 is 9.47 Å². The highest BCUT2D eigenvalue weighted by Crippen LogP contribution is 2.39. The predicted octanol–water partition coefficient (Wildman–Crippen LogP) is 13.2. The zero-order valence-electron chi connectivity index (χ0n) is 30.1. The molecule has 10 rings (SSSR count). The lowest BCUT2D eigenvalue weighted by atomic mass is 10.0. The van der Waals surface area contributed by atoms with Crippen molar-refractivity contribution < 1.29 is 0 Å². The molecule has 9 aromatic rings. The minimum Gasteiger partial charge on any atom is -0.311 e. The van der Waals surface area contributed by atoms with Crippen molar-refractivity contribution in [2.24, 2.45) is 0 Å². The normalized spacial score (nSPS) is 12.1. The topological polar surface area (TPSA) is 34.0 Å². The van der Waals surface area contributed by atoms with E-state index in [0.717, 1.165) is 73.8 Å². The van der Waals surface area contributed by atoms with Gasteiger partial charge in [0.15, 0.2) is 0 Å². The van der Waals surface area contributed by atoms with Crippen LogP contribution in [0.15, 0.2) is 200 Å². The summed E-state index contributed by atoms with van der Waals surface area (Å²) in [6.45, 7) is 0. The van der Waals surface area contributed by atoms with Gasteiger partial charge in [-0.1, -0.05) is 140 Å². The average Bonchev–Trinajstić information content (AvgIpc) is 3.37. The van der Waals surface area contributed by atoms with Crippen molar-refractivity contribution in [3.05, 3.63) is 211 Å². The zero-order chi connectivity index (χ0) is 36.6. The lowest BCUT2D eigenvalue weighted by Gasteiger charge is -2.26. The number of allylic oxidation sites excluding steroid dienone is 3. The summed E-state index contributed by atoms with van der Waals surface area (Å²) in [6, 6.07) is 64.0. The molecule has 0 saturated carbocycles. The van der Waals surface area contributed by atoms with Crippen LogP contribution < -0.4 is 4.90 Å². The van der Waals surface area contributed by atoms with E-state index in [1.807, 2.05) is 12.1 Å². The third-order valence-corrected chi connectivity index (χ3v) is 10.4.